The highest BCUT2D eigenvalue weighted by atomic mass is 35.5. The zero-order valence-corrected chi connectivity index (χ0v) is 27.6. The molecule has 6 rings (SSSR count). The van der Waals surface area contributed by atoms with Crippen LogP contribution in [0.15, 0.2) is 61.2 Å². The van der Waals surface area contributed by atoms with Crippen LogP contribution in [-0.4, -0.2) is 72.7 Å². The van der Waals surface area contributed by atoms with E-state index in [9.17, 15) is 32.7 Å². The molecule has 0 bridgehead atoms. The first-order valence-corrected chi connectivity index (χ1v) is 16.8. The average Bonchev–Trinajstić information content (AvgIpc) is 3.65. The van der Waals surface area contributed by atoms with Crippen LogP contribution < -0.4 is 14.9 Å². The number of esters is 1. The van der Waals surface area contributed by atoms with Crippen molar-refractivity contribution in [2.24, 2.45) is 0 Å². The summed E-state index contributed by atoms with van der Waals surface area (Å²) in [6.45, 7) is 0.0328. The molecule has 1 aliphatic heterocycles. The quantitative estimate of drug-likeness (QED) is 0.118. The van der Waals surface area contributed by atoms with Crippen molar-refractivity contribution in [3.8, 4) is 5.75 Å². The fourth-order valence-corrected chi connectivity index (χ4v) is 7.29. The summed E-state index contributed by atoms with van der Waals surface area (Å²) in [5.41, 5.74) is -4.07. The summed E-state index contributed by atoms with van der Waals surface area (Å²) < 4.78 is 78.8. The Morgan fingerprint density at radius 1 is 1.16 bits per heavy atom. The fourth-order valence-electron chi connectivity index (χ4n) is 5.42. The largest absolute Gasteiger partial charge is 0.459 e. The molecule has 2 aromatic heterocycles. The predicted octanol–water partition coefficient (Wildman–Crippen LogP) is 4.62. The molecule has 14 nitrogen and oxygen atoms in total. The minimum Gasteiger partial charge on any atom is -0.459 e. The van der Waals surface area contributed by atoms with Gasteiger partial charge in [-0.1, -0.05) is 29.8 Å². The summed E-state index contributed by atoms with van der Waals surface area (Å²) in [5.74, 6) is -0.514. The number of carbonyl (C=O) groups excluding carboxylic acids is 1. The molecule has 262 valence electrons. The first-order chi connectivity index (χ1) is 23.2. The van der Waals surface area contributed by atoms with Crippen LogP contribution in [-0.2, 0) is 36.1 Å². The second kappa shape index (κ2) is 13.1. The van der Waals surface area contributed by atoms with Gasteiger partial charge in [0.1, 0.15) is 47.5 Å². The number of nitrogens with one attached hydrogen (secondary N) is 2. The number of rotatable bonds is 12. The van der Waals surface area contributed by atoms with Gasteiger partial charge in [-0.3, -0.25) is 13.9 Å². The summed E-state index contributed by atoms with van der Waals surface area (Å²) >= 11 is 5.98. The molecule has 3 heterocycles. The van der Waals surface area contributed by atoms with Gasteiger partial charge in [0.05, 0.1) is 18.5 Å². The summed E-state index contributed by atoms with van der Waals surface area (Å²) in [6, 6.07) is 10.4. The maximum atomic E-state index is 14.3. The van der Waals surface area contributed by atoms with Gasteiger partial charge in [0.2, 0.25) is 0 Å². The lowest BCUT2D eigenvalue weighted by atomic mass is 9.96. The molecule has 0 spiro atoms. The molecule has 2 fully saturated rings. The number of carbonyl (C=O) groups is 1. The first kappa shape index (κ1) is 35.0. The summed E-state index contributed by atoms with van der Waals surface area (Å²) in [6.07, 6.45) is -5.90. The Balaban J connectivity index is 1.20. The highest BCUT2D eigenvalue weighted by Crippen LogP contribution is 2.53. The SMILES string of the molecule is CNc1ncnc2c1ncn2C1OC(COP(=O)(NC2(C(=O)OCc3ccccc3C(F)(F)F)CC2)Oc2ccc(Cl)cc2)[C@@H](O)[C@@]1(C)O. The topological polar surface area (TPSA) is 179 Å². The van der Waals surface area contributed by atoms with Crippen molar-refractivity contribution in [1.29, 1.82) is 0 Å². The zero-order valence-electron chi connectivity index (χ0n) is 25.9. The molecule has 5 atom stereocenters. The standard InChI is InChI=1S/C30H31ClF3N6O8P/c1-28(43)23(41)21(47-26(28)40-16-38-22-24(35-2)36-15-37-25(22)40)14-46-49(44,48-19-9-7-18(31)8-10-19)39-29(11-12-29)27(42)45-13-17-5-3-4-6-20(17)30(32,33)34/h3-10,15-16,21,23,26,41,43H,11-14H2,1-2H3,(H,39,44)(H,35,36,37)/t21?,23-,26?,28-,49?/m1/s1. The Hall–Kier alpha value is -3.83. The molecule has 2 aliphatic rings. The normalized spacial score (nSPS) is 24.4. The van der Waals surface area contributed by atoms with Crippen LogP contribution in [0.5, 0.6) is 5.75 Å². The van der Waals surface area contributed by atoms with Gasteiger partial charge in [0.25, 0.3) is 0 Å². The lowest BCUT2D eigenvalue weighted by Crippen LogP contribution is -2.45. The summed E-state index contributed by atoms with van der Waals surface area (Å²) in [7, 11) is -2.90. The summed E-state index contributed by atoms with van der Waals surface area (Å²) in [5, 5.41) is 28.3. The molecule has 2 aromatic carbocycles. The number of nitrogens with zero attached hydrogens (tertiary/aromatic N) is 4. The number of halogens is 4. The Bertz CT molecular complexity index is 1890. The van der Waals surface area contributed by atoms with Crippen molar-refractivity contribution < 1.29 is 51.3 Å². The van der Waals surface area contributed by atoms with Gasteiger partial charge in [-0.15, -0.1) is 0 Å². The van der Waals surface area contributed by atoms with E-state index in [-0.39, 0.29) is 24.2 Å². The Labute approximate surface area is 282 Å². The predicted molar refractivity (Wildman–Crippen MR) is 167 cm³/mol. The smallest absolute Gasteiger partial charge is 0.459 e. The number of anilines is 1. The van der Waals surface area contributed by atoms with Crippen molar-refractivity contribution in [3.05, 3.63) is 77.3 Å². The number of aliphatic hydroxyl groups excluding tert-OH is 1. The summed E-state index contributed by atoms with van der Waals surface area (Å²) in [4.78, 5) is 25.8. The van der Waals surface area contributed by atoms with Gasteiger partial charge in [0.15, 0.2) is 17.7 Å². The van der Waals surface area contributed by atoms with Crippen LogP contribution in [0.2, 0.25) is 5.02 Å². The third kappa shape index (κ3) is 7.10. The van der Waals surface area contributed by atoms with E-state index in [4.69, 9.17) is 30.1 Å². The molecule has 0 amide bonds. The molecule has 4 aromatic rings. The van der Waals surface area contributed by atoms with Crippen molar-refractivity contribution >= 4 is 42.3 Å². The Morgan fingerprint density at radius 3 is 2.55 bits per heavy atom. The average molecular weight is 727 g/mol. The van der Waals surface area contributed by atoms with Crippen LogP contribution >= 0.6 is 19.3 Å². The van der Waals surface area contributed by atoms with Crippen LogP contribution in [0, 0.1) is 0 Å². The molecular weight excluding hydrogens is 696 g/mol. The van der Waals surface area contributed by atoms with Crippen LogP contribution in [0.3, 0.4) is 0 Å². The molecule has 3 unspecified atom stereocenters. The van der Waals surface area contributed by atoms with E-state index in [0.717, 1.165) is 6.07 Å². The molecule has 0 radical (unpaired) electrons. The second-order valence-electron chi connectivity index (χ2n) is 11.8. The minimum absolute atomic E-state index is 0.0335. The number of benzene rings is 2. The van der Waals surface area contributed by atoms with Gasteiger partial charge in [0, 0.05) is 17.6 Å². The van der Waals surface area contributed by atoms with E-state index in [0.29, 0.717) is 22.0 Å². The lowest BCUT2D eigenvalue weighted by Gasteiger charge is -2.27. The third-order valence-corrected chi connectivity index (χ3v) is 10.1. The number of aromatic nitrogens is 4. The Morgan fingerprint density at radius 2 is 1.88 bits per heavy atom. The van der Waals surface area contributed by atoms with E-state index in [1.807, 2.05) is 0 Å². The van der Waals surface area contributed by atoms with Crippen LogP contribution in [0.4, 0.5) is 19.0 Å². The second-order valence-corrected chi connectivity index (χ2v) is 13.9. The number of hydrogen-bond acceptors (Lipinski definition) is 12. The zero-order chi connectivity index (χ0) is 35.2. The minimum atomic E-state index is -4.67. The molecule has 19 heteroatoms. The molecule has 1 aliphatic carbocycles. The monoisotopic (exact) mass is 726 g/mol. The van der Waals surface area contributed by atoms with Crippen molar-refractivity contribution in [2.75, 3.05) is 19.0 Å². The number of fused-ring (bicyclic) bond motifs is 1. The molecular formula is C30H31ClF3N6O8P. The number of imidazole rings is 1. The van der Waals surface area contributed by atoms with E-state index in [1.54, 1.807) is 7.05 Å². The third-order valence-electron chi connectivity index (χ3n) is 8.22. The van der Waals surface area contributed by atoms with E-state index >= 15 is 0 Å². The van der Waals surface area contributed by atoms with E-state index in [2.05, 4.69) is 25.4 Å². The van der Waals surface area contributed by atoms with Crippen molar-refractivity contribution in [2.45, 2.75) is 62.1 Å². The molecule has 4 N–H and O–H groups in total. The lowest BCUT2D eigenvalue weighted by molar-refractivity contribution is -0.150. The Kier molecular flexibility index (Phi) is 9.38. The number of ether oxygens (including phenoxy) is 2. The highest BCUT2D eigenvalue weighted by Gasteiger charge is 2.58. The van der Waals surface area contributed by atoms with Gasteiger partial charge in [-0.05, 0) is 50.1 Å². The fraction of sp³-hybridized carbons (Fsp3) is 0.400. The number of alkyl halides is 3. The maximum Gasteiger partial charge on any atom is 0.459 e. The number of hydrogen-bond donors (Lipinski definition) is 4. The van der Waals surface area contributed by atoms with Crippen molar-refractivity contribution in [1.82, 2.24) is 24.6 Å². The van der Waals surface area contributed by atoms with Crippen LogP contribution in [0.1, 0.15) is 37.1 Å². The number of aliphatic hydroxyl groups is 2. The van der Waals surface area contributed by atoms with Crippen LogP contribution in [0.25, 0.3) is 11.2 Å². The van der Waals surface area contributed by atoms with Gasteiger partial charge in [-0.25, -0.2) is 19.5 Å². The van der Waals surface area contributed by atoms with Crippen molar-refractivity contribution in [3.63, 3.8) is 0 Å². The van der Waals surface area contributed by atoms with E-state index in [1.165, 1.54) is 66.6 Å². The molecule has 1 saturated carbocycles. The highest BCUT2D eigenvalue weighted by molar-refractivity contribution is 7.52. The van der Waals surface area contributed by atoms with Gasteiger partial charge >= 0.3 is 19.9 Å². The molecule has 1 saturated heterocycles. The molecule has 49 heavy (non-hydrogen) atoms. The first-order valence-electron chi connectivity index (χ1n) is 14.9. The van der Waals surface area contributed by atoms with E-state index < -0.39 is 68.2 Å². The maximum absolute atomic E-state index is 14.3. The van der Waals surface area contributed by atoms with Gasteiger partial charge < -0.3 is 29.5 Å². The van der Waals surface area contributed by atoms with Gasteiger partial charge in [-0.2, -0.15) is 18.3 Å².